The van der Waals surface area contributed by atoms with E-state index in [0.717, 1.165) is 17.7 Å². The third-order valence-corrected chi connectivity index (χ3v) is 3.78. The lowest BCUT2D eigenvalue weighted by molar-refractivity contribution is 0.487. The highest BCUT2D eigenvalue weighted by molar-refractivity contribution is 9.09. The maximum absolute atomic E-state index is 5.83. The van der Waals surface area contributed by atoms with E-state index in [4.69, 9.17) is 11.6 Å². The monoisotopic (exact) mass is 288 g/mol. The molecule has 0 aromatic carbocycles. The van der Waals surface area contributed by atoms with Crippen LogP contribution in [0.2, 0.25) is 5.02 Å². The van der Waals surface area contributed by atoms with Gasteiger partial charge in [-0.1, -0.05) is 27.5 Å². The molecule has 1 aromatic rings. The Morgan fingerprint density at radius 2 is 2.33 bits per heavy atom. The van der Waals surface area contributed by atoms with Crippen molar-refractivity contribution in [1.82, 2.24) is 4.98 Å². The van der Waals surface area contributed by atoms with Crippen molar-refractivity contribution in [3.63, 3.8) is 0 Å². The first-order chi connectivity index (χ1) is 7.31. The fourth-order valence-electron chi connectivity index (χ4n) is 2.00. The molecule has 1 aromatic heterocycles. The van der Waals surface area contributed by atoms with Crippen LogP contribution in [0, 0.1) is 0 Å². The molecule has 15 heavy (non-hydrogen) atoms. The molecule has 1 saturated heterocycles. The van der Waals surface area contributed by atoms with Gasteiger partial charge in [-0.2, -0.15) is 0 Å². The molecule has 1 unspecified atom stereocenters. The van der Waals surface area contributed by atoms with Crippen LogP contribution in [0.5, 0.6) is 0 Å². The average Bonchev–Trinajstić information content (AvgIpc) is 2.30. The average molecular weight is 290 g/mol. The maximum atomic E-state index is 5.83. The van der Waals surface area contributed by atoms with Crippen LogP contribution in [0.1, 0.15) is 19.3 Å². The van der Waals surface area contributed by atoms with Crippen molar-refractivity contribution in [2.75, 3.05) is 16.8 Å². The van der Waals surface area contributed by atoms with Crippen molar-refractivity contribution in [2.24, 2.45) is 0 Å². The van der Waals surface area contributed by atoms with E-state index >= 15 is 0 Å². The highest BCUT2D eigenvalue weighted by atomic mass is 79.9. The van der Waals surface area contributed by atoms with Crippen molar-refractivity contribution < 1.29 is 0 Å². The molecule has 0 bridgehead atoms. The van der Waals surface area contributed by atoms with Crippen LogP contribution in [-0.4, -0.2) is 22.9 Å². The van der Waals surface area contributed by atoms with E-state index in [1.807, 2.05) is 12.1 Å². The van der Waals surface area contributed by atoms with Gasteiger partial charge in [0.2, 0.25) is 0 Å². The summed E-state index contributed by atoms with van der Waals surface area (Å²) in [5, 5.41) is 1.71. The van der Waals surface area contributed by atoms with Gasteiger partial charge < -0.3 is 4.90 Å². The van der Waals surface area contributed by atoms with Crippen molar-refractivity contribution in [3.05, 3.63) is 23.4 Å². The summed E-state index contributed by atoms with van der Waals surface area (Å²) in [6, 6.07) is 4.49. The fourth-order valence-corrected chi connectivity index (χ4v) is 2.79. The van der Waals surface area contributed by atoms with Gasteiger partial charge in [-0.3, -0.25) is 0 Å². The standard InChI is InChI=1S/C11H14BrClN2/c12-7-10-3-1-2-6-15(10)11-5-4-9(13)8-14-11/h4-5,8,10H,1-3,6-7H2. The zero-order valence-corrected chi connectivity index (χ0v) is 10.8. The SMILES string of the molecule is Clc1ccc(N2CCCCC2CBr)nc1. The predicted molar refractivity (Wildman–Crippen MR) is 68.0 cm³/mol. The molecule has 2 heterocycles. The second-order valence-corrected chi connectivity index (χ2v) is 4.92. The zero-order valence-electron chi connectivity index (χ0n) is 8.50. The van der Waals surface area contributed by atoms with E-state index in [9.17, 15) is 0 Å². The summed E-state index contributed by atoms with van der Waals surface area (Å²) in [5.41, 5.74) is 0. The van der Waals surface area contributed by atoms with Crippen LogP contribution in [0.15, 0.2) is 18.3 Å². The third kappa shape index (κ3) is 2.64. The Morgan fingerprint density at radius 1 is 1.47 bits per heavy atom. The zero-order chi connectivity index (χ0) is 10.7. The molecular formula is C11H14BrClN2. The maximum Gasteiger partial charge on any atom is 0.128 e. The Morgan fingerprint density at radius 3 is 3.00 bits per heavy atom. The van der Waals surface area contributed by atoms with E-state index in [-0.39, 0.29) is 0 Å². The highest BCUT2D eigenvalue weighted by Gasteiger charge is 2.22. The Kier molecular flexibility index (Phi) is 3.87. The van der Waals surface area contributed by atoms with Gasteiger partial charge in [0.05, 0.1) is 5.02 Å². The molecule has 4 heteroatoms. The van der Waals surface area contributed by atoms with Crippen molar-refractivity contribution in [3.8, 4) is 0 Å². The lowest BCUT2D eigenvalue weighted by Gasteiger charge is -2.35. The van der Waals surface area contributed by atoms with Crippen LogP contribution in [0.3, 0.4) is 0 Å². The summed E-state index contributed by atoms with van der Waals surface area (Å²) in [5.74, 6) is 1.04. The van der Waals surface area contributed by atoms with Gasteiger partial charge in [0, 0.05) is 24.1 Å². The number of aromatic nitrogens is 1. The number of piperidine rings is 1. The predicted octanol–water partition coefficient (Wildman–Crippen LogP) is 3.49. The Hall–Kier alpha value is -0.280. The molecule has 0 aliphatic carbocycles. The van der Waals surface area contributed by atoms with Gasteiger partial charge in [0.15, 0.2) is 0 Å². The summed E-state index contributed by atoms with van der Waals surface area (Å²) >= 11 is 9.40. The van der Waals surface area contributed by atoms with Crippen LogP contribution in [0.25, 0.3) is 0 Å². The number of alkyl halides is 1. The number of rotatable bonds is 2. The summed E-state index contributed by atoms with van der Waals surface area (Å²) in [7, 11) is 0. The first-order valence-electron chi connectivity index (χ1n) is 5.25. The van der Waals surface area contributed by atoms with Gasteiger partial charge in [-0.15, -0.1) is 0 Å². The van der Waals surface area contributed by atoms with Crippen molar-refractivity contribution >= 4 is 33.3 Å². The molecule has 0 spiro atoms. The minimum absolute atomic E-state index is 0.576. The minimum atomic E-state index is 0.576. The molecule has 1 fully saturated rings. The minimum Gasteiger partial charge on any atom is -0.353 e. The number of halogens is 2. The van der Waals surface area contributed by atoms with Gasteiger partial charge >= 0.3 is 0 Å². The Balaban J connectivity index is 2.16. The molecule has 1 aliphatic rings. The molecule has 1 aliphatic heterocycles. The van der Waals surface area contributed by atoms with Crippen molar-refractivity contribution in [2.45, 2.75) is 25.3 Å². The summed E-state index contributed by atoms with van der Waals surface area (Å²) in [6.07, 6.45) is 5.54. The lowest BCUT2D eigenvalue weighted by Crippen LogP contribution is -2.41. The Bertz CT molecular complexity index is 315. The molecule has 2 rings (SSSR count). The molecule has 2 nitrogen and oxygen atoms in total. The fraction of sp³-hybridized carbons (Fsp3) is 0.545. The summed E-state index contributed by atoms with van der Waals surface area (Å²) in [6.45, 7) is 1.10. The van der Waals surface area contributed by atoms with Gasteiger partial charge in [-0.25, -0.2) is 4.98 Å². The van der Waals surface area contributed by atoms with E-state index in [2.05, 4.69) is 25.8 Å². The molecule has 0 saturated carbocycles. The number of anilines is 1. The molecule has 82 valence electrons. The lowest BCUT2D eigenvalue weighted by atomic mass is 10.0. The largest absolute Gasteiger partial charge is 0.353 e. The van der Waals surface area contributed by atoms with Crippen LogP contribution in [0.4, 0.5) is 5.82 Å². The van der Waals surface area contributed by atoms with Crippen LogP contribution < -0.4 is 4.90 Å². The topological polar surface area (TPSA) is 16.1 Å². The highest BCUT2D eigenvalue weighted by Crippen LogP contribution is 2.24. The van der Waals surface area contributed by atoms with Crippen molar-refractivity contribution in [1.29, 1.82) is 0 Å². The Labute approximate surface area is 104 Å². The smallest absolute Gasteiger partial charge is 0.128 e. The normalized spacial score (nSPS) is 21.7. The summed E-state index contributed by atoms with van der Waals surface area (Å²) in [4.78, 5) is 6.74. The molecular weight excluding hydrogens is 275 g/mol. The van der Waals surface area contributed by atoms with Gasteiger partial charge in [0.1, 0.15) is 5.82 Å². The van der Waals surface area contributed by atoms with E-state index in [0.29, 0.717) is 11.1 Å². The number of pyridine rings is 1. The molecule has 1 atom stereocenters. The number of hydrogen-bond acceptors (Lipinski definition) is 2. The molecule has 0 radical (unpaired) electrons. The third-order valence-electron chi connectivity index (χ3n) is 2.81. The number of nitrogens with zero attached hydrogens (tertiary/aromatic N) is 2. The van der Waals surface area contributed by atoms with Crippen LogP contribution >= 0.6 is 27.5 Å². The number of hydrogen-bond donors (Lipinski definition) is 0. The molecule has 0 N–H and O–H groups in total. The second-order valence-electron chi connectivity index (χ2n) is 3.83. The van der Waals surface area contributed by atoms with E-state index in [1.54, 1.807) is 6.20 Å². The van der Waals surface area contributed by atoms with E-state index < -0.39 is 0 Å². The quantitative estimate of drug-likeness (QED) is 0.775. The summed E-state index contributed by atoms with van der Waals surface area (Å²) < 4.78 is 0. The second kappa shape index (κ2) is 5.17. The van der Waals surface area contributed by atoms with Gasteiger partial charge in [0.25, 0.3) is 0 Å². The van der Waals surface area contributed by atoms with E-state index in [1.165, 1.54) is 19.3 Å². The van der Waals surface area contributed by atoms with Crippen LogP contribution in [-0.2, 0) is 0 Å². The van der Waals surface area contributed by atoms with Gasteiger partial charge in [-0.05, 0) is 31.4 Å². The first-order valence-corrected chi connectivity index (χ1v) is 6.75. The molecule has 0 amide bonds. The first kappa shape index (κ1) is 11.2.